The van der Waals surface area contributed by atoms with Gasteiger partial charge < -0.3 is 9.88 Å². The quantitative estimate of drug-likeness (QED) is 0.517. The maximum Gasteiger partial charge on any atom is 0.236 e. The molecule has 7 nitrogen and oxygen atoms in total. The number of halogens is 1. The SMILES string of the molecule is O=C(CSc1ncc(-c2ccc(F)cc2)[nH]1)N1CCN(S(=O)(=O)/C=C/c2ccccc2)CC1. The smallest absolute Gasteiger partial charge is 0.236 e. The minimum absolute atomic E-state index is 0.0726. The lowest BCUT2D eigenvalue weighted by atomic mass is 10.2. The van der Waals surface area contributed by atoms with E-state index >= 15 is 0 Å². The number of piperazine rings is 1. The van der Waals surface area contributed by atoms with Crippen molar-refractivity contribution in [2.75, 3.05) is 31.9 Å². The molecule has 0 spiro atoms. The van der Waals surface area contributed by atoms with Crippen LogP contribution < -0.4 is 0 Å². The number of carbonyl (C=O) groups is 1. The minimum atomic E-state index is -3.54. The van der Waals surface area contributed by atoms with Crippen LogP contribution in [0.5, 0.6) is 0 Å². The first-order chi connectivity index (χ1) is 15.9. The van der Waals surface area contributed by atoms with Gasteiger partial charge in [-0.15, -0.1) is 0 Å². The number of imidazole rings is 1. The zero-order valence-electron chi connectivity index (χ0n) is 17.7. The summed E-state index contributed by atoms with van der Waals surface area (Å²) in [4.78, 5) is 21.7. The Labute approximate surface area is 196 Å². The molecule has 1 saturated heterocycles. The predicted molar refractivity (Wildman–Crippen MR) is 127 cm³/mol. The van der Waals surface area contributed by atoms with Gasteiger partial charge in [0.2, 0.25) is 15.9 Å². The Bertz CT molecular complexity index is 1220. The van der Waals surface area contributed by atoms with Gasteiger partial charge in [-0.3, -0.25) is 4.79 Å². The van der Waals surface area contributed by atoms with Crippen molar-refractivity contribution in [2.24, 2.45) is 0 Å². The van der Waals surface area contributed by atoms with Crippen LogP contribution in [0, 0.1) is 5.82 Å². The standard InChI is InChI=1S/C23H23FN4O3S2/c24-20-8-6-19(7-9-20)21-16-25-23(26-21)32-17-22(29)27-11-13-28(14-12-27)33(30,31)15-10-18-4-2-1-3-5-18/h1-10,15-16H,11-14,17H2,(H,25,26)/b15-10+. The summed E-state index contributed by atoms with van der Waals surface area (Å²) >= 11 is 1.28. The van der Waals surface area contributed by atoms with E-state index in [1.165, 1.54) is 33.6 Å². The molecule has 1 aromatic heterocycles. The summed E-state index contributed by atoms with van der Waals surface area (Å²) < 4.78 is 39.6. The number of carbonyl (C=O) groups excluding carboxylic acids is 1. The zero-order valence-corrected chi connectivity index (χ0v) is 19.4. The predicted octanol–water partition coefficient (Wildman–Crippen LogP) is 3.45. The third kappa shape index (κ3) is 6.10. The van der Waals surface area contributed by atoms with Crippen LogP contribution in [0.1, 0.15) is 5.56 Å². The lowest BCUT2D eigenvalue weighted by molar-refractivity contribution is -0.129. The molecule has 0 bridgehead atoms. The molecule has 1 aliphatic heterocycles. The van der Waals surface area contributed by atoms with Gasteiger partial charge in [-0.25, -0.2) is 17.8 Å². The number of nitrogens with zero attached hydrogens (tertiary/aromatic N) is 3. The molecule has 2 heterocycles. The summed E-state index contributed by atoms with van der Waals surface area (Å²) in [6.07, 6.45) is 3.22. The number of sulfonamides is 1. The second kappa shape index (κ2) is 10.3. The molecule has 1 aliphatic rings. The highest BCUT2D eigenvalue weighted by atomic mass is 32.2. The molecule has 3 aromatic rings. The highest BCUT2D eigenvalue weighted by Gasteiger charge is 2.27. The topological polar surface area (TPSA) is 86.4 Å². The summed E-state index contributed by atoms with van der Waals surface area (Å²) in [5, 5.41) is 1.81. The number of nitrogens with one attached hydrogen (secondary N) is 1. The van der Waals surface area contributed by atoms with Crippen molar-refractivity contribution in [1.82, 2.24) is 19.2 Å². The Kier molecular flexibility index (Phi) is 7.26. The van der Waals surface area contributed by atoms with E-state index in [-0.39, 0.29) is 30.6 Å². The Morgan fingerprint density at radius 1 is 1.06 bits per heavy atom. The molecule has 0 aliphatic carbocycles. The maximum atomic E-state index is 13.1. The van der Waals surface area contributed by atoms with Crippen LogP contribution in [0.4, 0.5) is 4.39 Å². The number of thioether (sulfide) groups is 1. The van der Waals surface area contributed by atoms with Gasteiger partial charge in [0.05, 0.1) is 17.6 Å². The van der Waals surface area contributed by atoms with Gasteiger partial charge in [0.25, 0.3) is 0 Å². The Morgan fingerprint density at radius 2 is 1.76 bits per heavy atom. The largest absolute Gasteiger partial charge is 0.339 e. The van der Waals surface area contributed by atoms with Crippen LogP contribution >= 0.6 is 11.8 Å². The summed E-state index contributed by atoms with van der Waals surface area (Å²) in [6.45, 7) is 1.20. The first-order valence-electron chi connectivity index (χ1n) is 10.4. The number of aromatic nitrogens is 2. The molecule has 10 heteroatoms. The number of rotatable bonds is 7. The van der Waals surface area contributed by atoms with Crippen LogP contribution in [0.15, 0.2) is 71.4 Å². The summed E-state index contributed by atoms with van der Waals surface area (Å²) in [5.74, 6) is -0.188. The summed E-state index contributed by atoms with van der Waals surface area (Å²) in [7, 11) is -3.54. The van der Waals surface area contributed by atoms with Crippen molar-refractivity contribution < 1.29 is 17.6 Å². The number of H-pyrrole nitrogens is 1. The van der Waals surface area contributed by atoms with Gasteiger partial charge in [-0.05, 0) is 41.5 Å². The molecule has 1 amide bonds. The highest BCUT2D eigenvalue weighted by molar-refractivity contribution is 7.99. The van der Waals surface area contributed by atoms with Crippen LogP contribution in [0.3, 0.4) is 0 Å². The molecule has 0 atom stereocenters. The van der Waals surface area contributed by atoms with E-state index < -0.39 is 10.0 Å². The number of hydrogen-bond donors (Lipinski definition) is 1. The molecule has 2 aromatic carbocycles. The second-order valence-corrected chi connectivity index (χ2v) is 10.2. The van der Waals surface area contributed by atoms with Gasteiger partial charge in [0, 0.05) is 31.6 Å². The second-order valence-electron chi connectivity index (χ2n) is 7.44. The Hall–Kier alpha value is -2.95. The van der Waals surface area contributed by atoms with Crippen molar-refractivity contribution in [2.45, 2.75) is 5.16 Å². The molecule has 4 rings (SSSR count). The van der Waals surface area contributed by atoms with Crippen LogP contribution in [0.2, 0.25) is 0 Å². The van der Waals surface area contributed by atoms with Gasteiger partial charge >= 0.3 is 0 Å². The average Bonchev–Trinajstić information content (AvgIpc) is 3.31. The molecule has 0 unspecified atom stereocenters. The van der Waals surface area contributed by atoms with Gasteiger partial charge in [0.1, 0.15) is 5.82 Å². The van der Waals surface area contributed by atoms with Crippen LogP contribution in [0.25, 0.3) is 17.3 Å². The van der Waals surface area contributed by atoms with Crippen molar-refractivity contribution >= 4 is 33.8 Å². The van der Waals surface area contributed by atoms with E-state index in [4.69, 9.17) is 0 Å². The normalized spacial score (nSPS) is 15.2. The van der Waals surface area contributed by atoms with E-state index in [1.807, 2.05) is 30.3 Å². The summed E-state index contributed by atoms with van der Waals surface area (Å²) in [6, 6.07) is 15.3. The summed E-state index contributed by atoms with van der Waals surface area (Å²) in [5.41, 5.74) is 2.36. The number of hydrogen-bond acceptors (Lipinski definition) is 5. The Morgan fingerprint density at radius 3 is 2.45 bits per heavy atom. The van der Waals surface area contributed by atoms with E-state index in [0.717, 1.165) is 16.8 Å². The third-order valence-corrected chi connectivity index (χ3v) is 7.66. The van der Waals surface area contributed by atoms with Crippen LogP contribution in [-0.2, 0) is 14.8 Å². The average molecular weight is 487 g/mol. The Balaban J connectivity index is 1.26. The van der Waals surface area contributed by atoms with Crippen LogP contribution in [-0.4, -0.2) is 65.4 Å². The van der Waals surface area contributed by atoms with Crippen molar-refractivity contribution in [1.29, 1.82) is 0 Å². The fourth-order valence-electron chi connectivity index (χ4n) is 3.38. The molecular weight excluding hydrogens is 463 g/mol. The third-order valence-electron chi connectivity index (χ3n) is 5.22. The fraction of sp³-hybridized carbons (Fsp3) is 0.217. The van der Waals surface area contributed by atoms with Crippen molar-refractivity contribution in [3.63, 3.8) is 0 Å². The maximum absolute atomic E-state index is 13.1. The first-order valence-corrected chi connectivity index (χ1v) is 12.8. The van der Waals surface area contributed by atoms with Gasteiger partial charge in [-0.2, -0.15) is 4.31 Å². The molecule has 1 N–H and O–H groups in total. The van der Waals surface area contributed by atoms with E-state index in [9.17, 15) is 17.6 Å². The van der Waals surface area contributed by atoms with Crippen molar-refractivity contribution in [3.8, 4) is 11.3 Å². The van der Waals surface area contributed by atoms with E-state index in [2.05, 4.69) is 9.97 Å². The van der Waals surface area contributed by atoms with E-state index in [0.29, 0.717) is 18.2 Å². The molecule has 33 heavy (non-hydrogen) atoms. The minimum Gasteiger partial charge on any atom is -0.339 e. The number of aromatic amines is 1. The lowest BCUT2D eigenvalue weighted by Gasteiger charge is -2.33. The van der Waals surface area contributed by atoms with E-state index in [1.54, 1.807) is 29.3 Å². The monoisotopic (exact) mass is 486 g/mol. The fourth-order valence-corrected chi connectivity index (χ4v) is 5.31. The molecule has 1 fully saturated rings. The number of amides is 1. The molecule has 0 saturated carbocycles. The highest BCUT2D eigenvalue weighted by Crippen LogP contribution is 2.22. The molecule has 172 valence electrons. The molecule has 0 radical (unpaired) electrons. The van der Waals surface area contributed by atoms with Gasteiger partial charge in [0.15, 0.2) is 5.16 Å². The lowest BCUT2D eigenvalue weighted by Crippen LogP contribution is -2.50. The zero-order chi connectivity index (χ0) is 23.3. The first kappa shape index (κ1) is 23.2. The van der Waals surface area contributed by atoms with Crippen molar-refractivity contribution in [3.05, 3.63) is 77.6 Å². The van der Waals surface area contributed by atoms with Gasteiger partial charge in [-0.1, -0.05) is 42.1 Å². The molecular formula is C23H23FN4O3S2. The number of benzene rings is 2.